The maximum atomic E-state index is 4.66. The molecule has 18 heavy (non-hydrogen) atoms. The van der Waals surface area contributed by atoms with Crippen molar-refractivity contribution in [2.75, 3.05) is 0 Å². The van der Waals surface area contributed by atoms with Gasteiger partial charge in [-0.2, -0.15) is 0 Å². The minimum atomic E-state index is 0.453. The number of nitrogens with one attached hydrogen (secondary N) is 1. The molecule has 1 aromatic carbocycles. The number of fused-ring (bicyclic) bond motifs is 1. The zero-order valence-corrected chi connectivity index (χ0v) is 12.0. The van der Waals surface area contributed by atoms with E-state index in [-0.39, 0.29) is 0 Å². The maximum absolute atomic E-state index is 4.66. The molecular weight excluding hydrogens is 222 g/mol. The summed E-state index contributed by atoms with van der Waals surface area (Å²) >= 11 is 0. The van der Waals surface area contributed by atoms with Crippen molar-refractivity contribution in [2.24, 2.45) is 0 Å². The Balaban J connectivity index is 2.35. The van der Waals surface area contributed by atoms with Crippen LogP contribution in [0.15, 0.2) is 18.2 Å². The number of imidazole rings is 1. The second kappa shape index (κ2) is 5.11. The van der Waals surface area contributed by atoms with Gasteiger partial charge in [0.15, 0.2) is 0 Å². The normalized spacial score (nSPS) is 11.9. The van der Waals surface area contributed by atoms with E-state index in [1.54, 1.807) is 0 Å². The minimum Gasteiger partial charge on any atom is -0.326 e. The molecule has 0 saturated carbocycles. The Morgan fingerprint density at radius 3 is 2.56 bits per heavy atom. The van der Waals surface area contributed by atoms with E-state index in [0.29, 0.717) is 12.1 Å². The van der Waals surface area contributed by atoms with Crippen molar-refractivity contribution in [1.82, 2.24) is 14.9 Å². The lowest BCUT2D eigenvalue weighted by Gasteiger charge is -2.11. The fourth-order valence-corrected chi connectivity index (χ4v) is 2.35. The van der Waals surface area contributed by atoms with Crippen LogP contribution in [0.1, 0.15) is 45.1 Å². The van der Waals surface area contributed by atoms with Gasteiger partial charge in [-0.05, 0) is 38.5 Å². The highest BCUT2D eigenvalue weighted by Gasteiger charge is 2.10. The molecular formula is C15H23N3. The van der Waals surface area contributed by atoms with Crippen LogP contribution < -0.4 is 5.32 Å². The van der Waals surface area contributed by atoms with Crippen LogP contribution in [0.3, 0.4) is 0 Å². The molecule has 1 heterocycles. The Hall–Kier alpha value is -1.35. The summed E-state index contributed by atoms with van der Waals surface area (Å²) in [5.41, 5.74) is 3.63. The number of rotatable bonds is 4. The SMILES string of the molecule is Cc1nc2cc(CNC(C)C)ccc2n1C(C)C. The van der Waals surface area contributed by atoms with E-state index >= 15 is 0 Å². The van der Waals surface area contributed by atoms with Gasteiger partial charge in [-0.3, -0.25) is 0 Å². The molecule has 2 aromatic rings. The third-order valence-electron chi connectivity index (χ3n) is 3.16. The van der Waals surface area contributed by atoms with Crippen molar-refractivity contribution in [1.29, 1.82) is 0 Å². The molecule has 3 nitrogen and oxygen atoms in total. The molecule has 0 atom stereocenters. The molecule has 0 saturated heterocycles. The predicted octanol–water partition coefficient (Wildman–Crippen LogP) is 3.42. The summed E-state index contributed by atoms with van der Waals surface area (Å²) in [6, 6.07) is 7.53. The van der Waals surface area contributed by atoms with Crippen molar-refractivity contribution in [3.63, 3.8) is 0 Å². The van der Waals surface area contributed by atoms with Gasteiger partial charge in [0.25, 0.3) is 0 Å². The van der Waals surface area contributed by atoms with Gasteiger partial charge in [0.2, 0.25) is 0 Å². The van der Waals surface area contributed by atoms with Gasteiger partial charge < -0.3 is 9.88 Å². The van der Waals surface area contributed by atoms with Gasteiger partial charge in [0.05, 0.1) is 11.0 Å². The van der Waals surface area contributed by atoms with Crippen LogP contribution in [0.5, 0.6) is 0 Å². The van der Waals surface area contributed by atoms with Crippen molar-refractivity contribution in [3.8, 4) is 0 Å². The van der Waals surface area contributed by atoms with E-state index < -0.39 is 0 Å². The first kappa shape index (κ1) is 13.1. The molecule has 2 rings (SSSR count). The van der Waals surface area contributed by atoms with Crippen LogP contribution in [0.4, 0.5) is 0 Å². The summed E-state index contributed by atoms with van der Waals surface area (Å²) < 4.78 is 2.29. The number of benzene rings is 1. The highest BCUT2D eigenvalue weighted by Crippen LogP contribution is 2.21. The van der Waals surface area contributed by atoms with E-state index in [2.05, 4.69) is 67.7 Å². The second-order valence-corrected chi connectivity index (χ2v) is 5.48. The van der Waals surface area contributed by atoms with Crippen molar-refractivity contribution in [3.05, 3.63) is 29.6 Å². The topological polar surface area (TPSA) is 29.9 Å². The van der Waals surface area contributed by atoms with Crippen LogP contribution in [-0.4, -0.2) is 15.6 Å². The van der Waals surface area contributed by atoms with Crippen molar-refractivity contribution in [2.45, 2.75) is 53.2 Å². The Labute approximate surface area is 109 Å². The Morgan fingerprint density at radius 2 is 1.94 bits per heavy atom. The first-order valence-corrected chi connectivity index (χ1v) is 6.70. The molecule has 0 spiro atoms. The number of hydrogen-bond acceptors (Lipinski definition) is 2. The summed E-state index contributed by atoms with van der Waals surface area (Å²) in [7, 11) is 0. The smallest absolute Gasteiger partial charge is 0.106 e. The Morgan fingerprint density at radius 1 is 1.22 bits per heavy atom. The van der Waals surface area contributed by atoms with Crippen molar-refractivity contribution < 1.29 is 0 Å². The van der Waals surface area contributed by atoms with Crippen LogP contribution in [0, 0.1) is 6.92 Å². The second-order valence-electron chi connectivity index (χ2n) is 5.48. The zero-order chi connectivity index (χ0) is 13.3. The molecule has 0 aliphatic carbocycles. The molecule has 98 valence electrons. The van der Waals surface area contributed by atoms with E-state index in [1.807, 2.05) is 0 Å². The molecule has 0 bridgehead atoms. The van der Waals surface area contributed by atoms with Gasteiger partial charge in [-0.25, -0.2) is 4.98 Å². The van der Waals surface area contributed by atoms with Gasteiger partial charge in [-0.1, -0.05) is 19.9 Å². The monoisotopic (exact) mass is 245 g/mol. The standard InChI is InChI=1S/C15H23N3/c1-10(2)16-9-13-6-7-15-14(8-13)17-12(5)18(15)11(3)4/h6-8,10-11,16H,9H2,1-5H3. The summed E-state index contributed by atoms with van der Waals surface area (Å²) in [4.78, 5) is 4.66. The van der Waals surface area contributed by atoms with Crippen molar-refractivity contribution >= 4 is 11.0 Å². The molecule has 0 radical (unpaired) electrons. The molecule has 0 aliphatic heterocycles. The number of aryl methyl sites for hydroxylation is 1. The maximum Gasteiger partial charge on any atom is 0.106 e. The molecule has 1 N–H and O–H groups in total. The van der Waals surface area contributed by atoms with E-state index in [9.17, 15) is 0 Å². The van der Waals surface area contributed by atoms with Crippen LogP contribution in [0.2, 0.25) is 0 Å². The number of aromatic nitrogens is 2. The van der Waals surface area contributed by atoms with E-state index in [1.165, 1.54) is 11.1 Å². The molecule has 0 fully saturated rings. The average Bonchev–Trinajstić information content (AvgIpc) is 2.61. The lowest BCUT2D eigenvalue weighted by Crippen LogP contribution is -2.21. The summed E-state index contributed by atoms with van der Waals surface area (Å²) in [5, 5.41) is 3.44. The summed E-state index contributed by atoms with van der Waals surface area (Å²) in [6.45, 7) is 11.7. The largest absolute Gasteiger partial charge is 0.326 e. The third-order valence-corrected chi connectivity index (χ3v) is 3.16. The lowest BCUT2D eigenvalue weighted by molar-refractivity contribution is 0.589. The number of nitrogens with zero attached hydrogens (tertiary/aromatic N) is 2. The zero-order valence-electron chi connectivity index (χ0n) is 12.0. The molecule has 0 unspecified atom stereocenters. The Bertz CT molecular complexity index is 538. The van der Waals surface area contributed by atoms with Gasteiger partial charge in [0.1, 0.15) is 5.82 Å². The highest BCUT2D eigenvalue weighted by molar-refractivity contribution is 5.77. The minimum absolute atomic E-state index is 0.453. The van der Waals surface area contributed by atoms with Gasteiger partial charge in [-0.15, -0.1) is 0 Å². The van der Waals surface area contributed by atoms with Crippen LogP contribution >= 0.6 is 0 Å². The quantitative estimate of drug-likeness (QED) is 0.894. The van der Waals surface area contributed by atoms with Gasteiger partial charge >= 0.3 is 0 Å². The summed E-state index contributed by atoms with van der Waals surface area (Å²) in [5.74, 6) is 1.09. The third kappa shape index (κ3) is 2.56. The molecule has 0 aliphatic rings. The van der Waals surface area contributed by atoms with Crippen LogP contribution in [-0.2, 0) is 6.54 Å². The van der Waals surface area contributed by atoms with Gasteiger partial charge in [0, 0.05) is 18.6 Å². The molecule has 1 aromatic heterocycles. The average molecular weight is 245 g/mol. The number of hydrogen-bond donors (Lipinski definition) is 1. The van der Waals surface area contributed by atoms with E-state index in [4.69, 9.17) is 0 Å². The predicted molar refractivity (Wildman–Crippen MR) is 76.8 cm³/mol. The Kier molecular flexibility index (Phi) is 3.71. The fraction of sp³-hybridized carbons (Fsp3) is 0.533. The highest BCUT2D eigenvalue weighted by atomic mass is 15.1. The molecule has 0 amide bonds. The lowest BCUT2D eigenvalue weighted by atomic mass is 10.2. The fourth-order valence-electron chi connectivity index (χ4n) is 2.35. The first-order valence-electron chi connectivity index (χ1n) is 6.70. The molecule has 3 heteroatoms. The first-order chi connectivity index (χ1) is 8.49. The van der Waals surface area contributed by atoms with Crippen LogP contribution in [0.25, 0.3) is 11.0 Å². The summed E-state index contributed by atoms with van der Waals surface area (Å²) in [6.07, 6.45) is 0. The van der Waals surface area contributed by atoms with E-state index in [0.717, 1.165) is 17.9 Å².